The number of carbonyl (C=O) groups excluding carboxylic acids is 1. The van der Waals surface area contributed by atoms with Gasteiger partial charge in [-0.3, -0.25) is 14.4 Å². The number of hydrogen-bond acceptors (Lipinski definition) is 9. The van der Waals surface area contributed by atoms with Crippen LogP contribution in [0.3, 0.4) is 0 Å². The van der Waals surface area contributed by atoms with Crippen LogP contribution < -0.4 is 15.4 Å². The molecule has 49 heavy (non-hydrogen) atoms. The maximum atomic E-state index is 13.6. The Labute approximate surface area is 296 Å². The fourth-order valence-corrected chi connectivity index (χ4v) is 10.1. The number of carbonyl (C=O) groups is 1. The maximum Gasteiger partial charge on any atom is 0.318 e. The number of ether oxygens (including phenoxy) is 1. The Bertz CT molecular complexity index is 1840. The summed E-state index contributed by atoms with van der Waals surface area (Å²) in [7, 11) is 3.52. The lowest BCUT2D eigenvalue weighted by Gasteiger charge is -2.33. The van der Waals surface area contributed by atoms with Crippen LogP contribution in [0, 0.1) is 6.92 Å². The van der Waals surface area contributed by atoms with Crippen molar-refractivity contribution < 1.29 is 13.9 Å². The molecule has 2 saturated heterocycles. The molecule has 1 aliphatic carbocycles. The molecule has 5 aliphatic rings. The average molecular weight is 707 g/mol. The average Bonchev–Trinajstić information content (AvgIpc) is 3.71. The summed E-state index contributed by atoms with van der Waals surface area (Å²) in [6.45, 7) is 6.10. The van der Waals surface area contributed by atoms with E-state index in [-0.39, 0.29) is 16.7 Å². The van der Waals surface area contributed by atoms with Crippen molar-refractivity contribution in [3.63, 3.8) is 0 Å². The van der Waals surface area contributed by atoms with Crippen LogP contribution in [-0.2, 0) is 25.3 Å². The molecule has 2 aromatic heterocycles. The molecule has 6 heterocycles. The van der Waals surface area contributed by atoms with Crippen molar-refractivity contribution in [1.29, 1.82) is 0 Å². The van der Waals surface area contributed by atoms with Gasteiger partial charge < -0.3 is 20.3 Å². The number of hydrogen-bond donors (Lipinski definition) is 1. The summed E-state index contributed by atoms with van der Waals surface area (Å²) in [5, 5.41) is 5.67. The normalized spacial score (nSPS) is 24.5. The first-order valence-corrected chi connectivity index (χ1v) is 18.9. The number of aryl methyl sites for hydroxylation is 1. The lowest BCUT2D eigenvalue weighted by Crippen LogP contribution is -2.43. The summed E-state index contributed by atoms with van der Waals surface area (Å²) in [4.78, 5) is 29.5. The van der Waals surface area contributed by atoms with Crippen molar-refractivity contribution in [2.24, 2.45) is 0 Å². The van der Waals surface area contributed by atoms with E-state index < -0.39 is 0 Å². The van der Waals surface area contributed by atoms with Gasteiger partial charge in [0.2, 0.25) is 0 Å². The highest BCUT2D eigenvalue weighted by molar-refractivity contribution is 7.98. The minimum Gasteiger partial charge on any atom is -0.461 e. The summed E-state index contributed by atoms with van der Waals surface area (Å²) in [6.07, 6.45) is 7.35. The molecule has 260 valence electrons. The van der Waals surface area contributed by atoms with Gasteiger partial charge in [-0.15, -0.1) is 11.8 Å². The number of fused-ring (bicyclic) bond motifs is 3. The Morgan fingerprint density at radius 2 is 2.04 bits per heavy atom. The zero-order chi connectivity index (χ0) is 34.0. The van der Waals surface area contributed by atoms with Crippen molar-refractivity contribution in [3.05, 3.63) is 68.4 Å². The number of benzene rings is 1. The minimum absolute atomic E-state index is 0.0904. The Balaban J connectivity index is 1.16. The number of amides is 1. The third kappa shape index (κ3) is 5.97. The van der Waals surface area contributed by atoms with Gasteiger partial charge in [-0.05, 0) is 86.7 Å². The molecule has 2 N–H and O–H groups in total. The van der Waals surface area contributed by atoms with Crippen LogP contribution in [-0.4, -0.2) is 81.3 Å². The van der Waals surface area contributed by atoms with E-state index in [4.69, 9.17) is 37.1 Å². The first kappa shape index (κ1) is 32.8. The van der Waals surface area contributed by atoms with Crippen LogP contribution in [0.2, 0.25) is 5.02 Å². The third-order valence-corrected chi connectivity index (χ3v) is 12.6. The molecule has 3 fully saturated rings. The fourth-order valence-electron chi connectivity index (χ4n) is 8.38. The van der Waals surface area contributed by atoms with Gasteiger partial charge >= 0.3 is 6.01 Å². The van der Waals surface area contributed by atoms with Gasteiger partial charge in [0, 0.05) is 73.0 Å². The molecule has 8 rings (SSSR count). The molecule has 0 bridgehead atoms. The quantitative estimate of drug-likeness (QED) is 0.287. The number of anilines is 2. The molecule has 10 nitrogen and oxygen atoms in total. The van der Waals surface area contributed by atoms with Gasteiger partial charge in [0.05, 0.1) is 29.8 Å². The molecule has 0 spiro atoms. The summed E-state index contributed by atoms with van der Waals surface area (Å²) < 4.78 is 22.2. The van der Waals surface area contributed by atoms with Crippen LogP contribution in [0.25, 0.3) is 0 Å². The van der Waals surface area contributed by atoms with E-state index in [1.807, 2.05) is 29.4 Å². The molecule has 2 atom stereocenters. The minimum atomic E-state index is -0.227. The smallest absolute Gasteiger partial charge is 0.318 e. The predicted octanol–water partition coefficient (Wildman–Crippen LogP) is 6.21. The summed E-state index contributed by atoms with van der Waals surface area (Å²) in [5.41, 5.74) is 14.6. The Kier molecular flexibility index (Phi) is 8.55. The van der Waals surface area contributed by atoms with E-state index in [2.05, 4.69) is 15.9 Å². The van der Waals surface area contributed by atoms with Crippen molar-refractivity contribution in [2.75, 3.05) is 51.0 Å². The van der Waals surface area contributed by atoms with E-state index in [1.54, 1.807) is 19.0 Å². The number of rotatable bonds is 7. The SMILES string of the molecule is Cc1c(C(=O)N(C)C)nn2c1CN(c1nc(OC[C@@]34CCCN3C/C(=C\F)C4)nc3c1CSC(c1cc(N)cc(Cl)c1C1CC1)C3)CCC2. The zero-order valence-corrected chi connectivity index (χ0v) is 30.0. The second kappa shape index (κ2) is 12.8. The van der Waals surface area contributed by atoms with E-state index >= 15 is 0 Å². The monoisotopic (exact) mass is 706 g/mol. The molecule has 4 aliphatic heterocycles. The summed E-state index contributed by atoms with van der Waals surface area (Å²) >= 11 is 8.71. The second-order valence-corrected chi connectivity index (χ2v) is 16.2. The summed E-state index contributed by atoms with van der Waals surface area (Å²) in [6, 6.07) is 4.36. The fraction of sp³-hybridized carbons (Fsp3) is 0.556. The largest absolute Gasteiger partial charge is 0.461 e. The van der Waals surface area contributed by atoms with E-state index in [1.165, 1.54) is 11.1 Å². The Morgan fingerprint density at radius 3 is 2.82 bits per heavy atom. The number of halogens is 2. The molecule has 1 amide bonds. The lowest BCUT2D eigenvalue weighted by atomic mass is 9.94. The van der Waals surface area contributed by atoms with E-state index in [9.17, 15) is 9.18 Å². The van der Waals surface area contributed by atoms with Crippen molar-refractivity contribution in [3.8, 4) is 6.01 Å². The van der Waals surface area contributed by atoms with Gasteiger partial charge in [-0.25, -0.2) is 4.39 Å². The van der Waals surface area contributed by atoms with Crippen LogP contribution in [0.5, 0.6) is 6.01 Å². The molecule has 13 heteroatoms. The highest BCUT2D eigenvalue weighted by Gasteiger charge is 2.47. The molecule has 1 saturated carbocycles. The van der Waals surface area contributed by atoms with Gasteiger partial charge in [0.1, 0.15) is 12.4 Å². The topological polar surface area (TPSA) is 106 Å². The Hall–Kier alpha value is -3.35. The van der Waals surface area contributed by atoms with Gasteiger partial charge in [0.15, 0.2) is 5.69 Å². The standard InChI is InChI=1S/C36H44ClFN8O2S/c1-21-29-18-44(9-5-11-46(29)42-32(21)34(47)43(2)3)33-26-19-49-30(25-12-24(39)13-27(37)31(25)23-6-7-23)14-28(26)40-35(41-33)48-20-36-8-4-10-45(36)17-22(15-36)16-38/h12-13,16,23,30H,4-11,14-15,17-20,39H2,1-3H3/b22-16-/t30?,36-/m0/s1. The third-order valence-electron chi connectivity index (χ3n) is 11.1. The molecular weight excluding hydrogens is 663 g/mol. The first-order chi connectivity index (χ1) is 23.6. The molecule has 1 aromatic carbocycles. The molecule has 3 aromatic rings. The van der Waals surface area contributed by atoms with E-state index in [0.717, 1.165) is 103 Å². The highest BCUT2D eigenvalue weighted by atomic mass is 35.5. The lowest BCUT2D eigenvalue weighted by molar-refractivity contribution is 0.0820. The van der Waals surface area contributed by atoms with Gasteiger partial charge in [-0.1, -0.05) is 11.6 Å². The highest BCUT2D eigenvalue weighted by Crippen LogP contribution is 2.52. The first-order valence-electron chi connectivity index (χ1n) is 17.4. The van der Waals surface area contributed by atoms with Crippen LogP contribution in [0.15, 0.2) is 24.0 Å². The van der Waals surface area contributed by atoms with Crippen LogP contribution in [0.4, 0.5) is 15.9 Å². The number of thioether (sulfide) groups is 1. The summed E-state index contributed by atoms with van der Waals surface area (Å²) in [5.74, 6) is 2.02. The molecular formula is C36H44ClFN8O2S. The van der Waals surface area contributed by atoms with E-state index in [0.29, 0.717) is 55.8 Å². The predicted molar refractivity (Wildman–Crippen MR) is 191 cm³/mol. The second-order valence-electron chi connectivity index (χ2n) is 14.6. The van der Waals surface area contributed by atoms with Gasteiger partial charge in [0.25, 0.3) is 5.91 Å². The number of nitrogen functional groups attached to an aromatic ring is 1. The van der Waals surface area contributed by atoms with Crippen LogP contribution >= 0.6 is 23.4 Å². The van der Waals surface area contributed by atoms with Gasteiger partial charge in [-0.2, -0.15) is 15.1 Å². The number of nitrogens with two attached hydrogens (primary N) is 1. The number of aromatic nitrogens is 4. The van der Waals surface area contributed by atoms with Crippen molar-refractivity contribution in [1.82, 2.24) is 29.5 Å². The van der Waals surface area contributed by atoms with Crippen molar-refractivity contribution in [2.45, 2.75) is 87.4 Å². The zero-order valence-electron chi connectivity index (χ0n) is 28.5. The maximum absolute atomic E-state index is 13.6. The Morgan fingerprint density at radius 1 is 1.20 bits per heavy atom. The molecule has 0 radical (unpaired) electrons. The van der Waals surface area contributed by atoms with Crippen LogP contribution in [0.1, 0.15) is 93.8 Å². The number of nitrogens with zero attached hydrogens (tertiary/aromatic N) is 7. The molecule has 1 unspecified atom stereocenters. The van der Waals surface area contributed by atoms with Crippen molar-refractivity contribution >= 4 is 40.8 Å².